The smallest absolute Gasteiger partial charge is 0.276 e. The molecule has 0 aliphatic carbocycles. The van der Waals surface area contributed by atoms with Gasteiger partial charge >= 0.3 is 0 Å². The number of aromatic nitrogens is 4. The number of carbonyl (C=O) groups excluding carboxylic acids is 1. The zero-order chi connectivity index (χ0) is 19.5. The van der Waals surface area contributed by atoms with E-state index in [9.17, 15) is 9.18 Å². The Kier molecular flexibility index (Phi) is 5.14. The number of amides is 1. The lowest BCUT2D eigenvalue weighted by molar-refractivity contribution is 0.0700. The van der Waals surface area contributed by atoms with Gasteiger partial charge in [-0.2, -0.15) is 0 Å². The van der Waals surface area contributed by atoms with E-state index in [1.807, 2.05) is 24.0 Å². The van der Waals surface area contributed by atoms with Gasteiger partial charge in [0, 0.05) is 31.4 Å². The first-order chi connectivity index (χ1) is 13.6. The Labute approximate surface area is 163 Å². The van der Waals surface area contributed by atoms with Crippen LogP contribution in [0.1, 0.15) is 46.1 Å². The number of rotatable bonds is 4. The van der Waals surface area contributed by atoms with Crippen LogP contribution in [-0.4, -0.2) is 43.9 Å². The average molecular weight is 379 g/mol. The summed E-state index contributed by atoms with van der Waals surface area (Å²) in [6.07, 6.45) is 5.61. The number of piperidine rings is 1. The molecule has 1 fully saturated rings. The maximum atomic E-state index is 13.1. The van der Waals surface area contributed by atoms with Crippen molar-refractivity contribution in [2.45, 2.75) is 32.2 Å². The number of likely N-dealkylation sites (tertiary alicyclic amines) is 1. The standard InChI is InChI=1S/C21H22FN5O/c1-15-20(24-25-27(15)13-16-4-6-19(22)7-5-16)21(28)26-12-2-3-18(14-26)17-8-10-23-11-9-17/h4-11,18H,2-3,12-14H2,1H3. The van der Waals surface area contributed by atoms with Gasteiger partial charge in [-0.3, -0.25) is 9.78 Å². The number of halogens is 1. The highest BCUT2D eigenvalue weighted by molar-refractivity contribution is 5.93. The molecule has 28 heavy (non-hydrogen) atoms. The lowest BCUT2D eigenvalue weighted by Gasteiger charge is -2.32. The van der Waals surface area contributed by atoms with E-state index in [1.54, 1.807) is 29.2 Å². The summed E-state index contributed by atoms with van der Waals surface area (Å²) in [7, 11) is 0. The van der Waals surface area contributed by atoms with Crippen molar-refractivity contribution >= 4 is 5.91 Å². The first-order valence-electron chi connectivity index (χ1n) is 9.45. The van der Waals surface area contributed by atoms with E-state index in [4.69, 9.17) is 0 Å². The summed E-state index contributed by atoms with van der Waals surface area (Å²) in [5.41, 5.74) is 3.23. The molecule has 0 radical (unpaired) electrons. The molecule has 4 rings (SSSR count). The third kappa shape index (κ3) is 3.78. The molecule has 0 spiro atoms. The van der Waals surface area contributed by atoms with E-state index < -0.39 is 0 Å². The molecule has 1 amide bonds. The predicted octanol–water partition coefficient (Wildman–Crippen LogP) is 3.19. The molecule has 0 saturated carbocycles. The van der Waals surface area contributed by atoms with Crippen LogP contribution < -0.4 is 0 Å². The van der Waals surface area contributed by atoms with Crippen molar-refractivity contribution in [2.24, 2.45) is 0 Å². The van der Waals surface area contributed by atoms with E-state index >= 15 is 0 Å². The van der Waals surface area contributed by atoms with E-state index in [0.717, 1.165) is 30.6 Å². The molecule has 7 heteroatoms. The highest BCUT2D eigenvalue weighted by Gasteiger charge is 2.28. The van der Waals surface area contributed by atoms with Crippen molar-refractivity contribution in [2.75, 3.05) is 13.1 Å². The molecular formula is C21H22FN5O. The van der Waals surface area contributed by atoms with Crippen molar-refractivity contribution in [1.82, 2.24) is 24.9 Å². The highest BCUT2D eigenvalue weighted by atomic mass is 19.1. The Hall–Kier alpha value is -3.09. The van der Waals surface area contributed by atoms with E-state index in [0.29, 0.717) is 24.7 Å². The van der Waals surface area contributed by atoms with Gasteiger partial charge in [0.2, 0.25) is 0 Å². The van der Waals surface area contributed by atoms with Gasteiger partial charge < -0.3 is 4.90 Å². The fourth-order valence-corrected chi connectivity index (χ4v) is 3.69. The second kappa shape index (κ2) is 7.88. The summed E-state index contributed by atoms with van der Waals surface area (Å²) in [6.45, 7) is 3.70. The summed E-state index contributed by atoms with van der Waals surface area (Å²) >= 11 is 0. The van der Waals surface area contributed by atoms with Crippen LogP contribution in [0.25, 0.3) is 0 Å². The monoisotopic (exact) mass is 379 g/mol. The summed E-state index contributed by atoms with van der Waals surface area (Å²) in [4.78, 5) is 19.0. The molecule has 1 saturated heterocycles. The number of benzene rings is 1. The lowest BCUT2D eigenvalue weighted by atomic mass is 9.91. The Balaban J connectivity index is 1.49. The first-order valence-corrected chi connectivity index (χ1v) is 9.45. The number of carbonyl (C=O) groups is 1. The van der Waals surface area contributed by atoms with Gasteiger partial charge in [-0.1, -0.05) is 17.3 Å². The molecule has 6 nitrogen and oxygen atoms in total. The van der Waals surface area contributed by atoms with Crippen LogP contribution in [0.4, 0.5) is 4.39 Å². The van der Waals surface area contributed by atoms with Crippen LogP contribution in [0.5, 0.6) is 0 Å². The van der Waals surface area contributed by atoms with Crippen molar-refractivity contribution in [3.8, 4) is 0 Å². The lowest BCUT2D eigenvalue weighted by Crippen LogP contribution is -2.39. The predicted molar refractivity (Wildman–Crippen MR) is 102 cm³/mol. The van der Waals surface area contributed by atoms with Crippen molar-refractivity contribution in [3.63, 3.8) is 0 Å². The quantitative estimate of drug-likeness (QED) is 0.698. The highest BCUT2D eigenvalue weighted by Crippen LogP contribution is 2.27. The Morgan fingerprint density at radius 1 is 1.18 bits per heavy atom. The molecule has 1 aliphatic heterocycles. The number of pyridine rings is 1. The van der Waals surface area contributed by atoms with Crippen molar-refractivity contribution < 1.29 is 9.18 Å². The van der Waals surface area contributed by atoms with Gasteiger partial charge in [0.1, 0.15) is 5.82 Å². The molecule has 144 valence electrons. The third-order valence-electron chi connectivity index (χ3n) is 5.32. The van der Waals surface area contributed by atoms with Crippen LogP contribution in [0, 0.1) is 12.7 Å². The van der Waals surface area contributed by atoms with Crippen molar-refractivity contribution in [1.29, 1.82) is 0 Å². The maximum absolute atomic E-state index is 13.1. The molecule has 0 N–H and O–H groups in total. The number of hydrogen-bond donors (Lipinski definition) is 0. The maximum Gasteiger partial charge on any atom is 0.276 e. The fourth-order valence-electron chi connectivity index (χ4n) is 3.69. The largest absolute Gasteiger partial charge is 0.337 e. The van der Waals surface area contributed by atoms with E-state index in [1.165, 1.54) is 17.7 Å². The molecule has 1 aliphatic rings. The molecule has 1 unspecified atom stereocenters. The number of nitrogens with zero attached hydrogens (tertiary/aromatic N) is 5. The second-order valence-electron chi connectivity index (χ2n) is 7.18. The summed E-state index contributed by atoms with van der Waals surface area (Å²) in [5, 5.41) is 8.28. The molecule has 3 aromatic rings. The van der Waals surface area contributed by atoms with Gasteiger partial charge in [-0.15, -0.1) is 5.10 Å². The minimum atomic E-state index is -0.274. The van der Waals surface area contributed by atoms with E-state index in [2.05, 4.69) is 15.3 Å². The van der Waals surface area contributed by atoms with E-state index in [-0.39, 0.29) is 11.7 Å². The summed E-state index contributed by atoms with van der Waals surface area (Å²) in [5.74, 6) is -0.0411. The second-order valence-corrected chi connectivity index (χ2v) is 7.18. The Morgan fingerprint density at radius 3 is 2.68 bits per heavy atom. The van der Waals surface area contributed by atoms with Gasteiger partial charge in [0.15, 0.2) is 5.69 Å². The summed E-state index contributed by atoms with van der Waals surface area (Å²) < 4.78 is 14.8. The molecular weight excluding hydrogens is 357 g/mol. The van der Waals surface area contributed by atoms with Crippen LogP contribution >= 0.6 is 0 Å². The van der Waals surface area contributed by atoms with Gasteiger partial charge in [-0.25, -0.2) is 9.07 Å². The Bertz CT molecular complexity index is 955. The zero-order valence-electron chi connectivity index (χ0n) is 15.8. The molecule has 1 atom stereocenters. The first kappa shape index (κ1) is 18.3. The molecule has 1 aromatic carbocycles. The fraction of sp³-hybridized carbons (Fsp3) is 0.333. The van der Waals surface area contributed by atoms with Crippen LogP contribution in [-0.2, 0) is 6.54 Å². The molecule has 2 aromatic heterocycles. The van der Waals surface area contributed by atoms with Gasteiger partial charge in [-0.05, 0) is 55.2 Å². The van der Waals surface area contributed by atoms with Crippen molar-refractivity contribution in [3.05, 3.63) is 77.1 Å². The average Bonchev–Trinajstić information content (AvgIpc) is 3.10. The SMILES string of the molecule is Cc1c(C(=O)N2CCCC(c3ccncc3)C2)nnn1Cc1ccc(F)cc1. The van der Waals surface area contributed by atoms with Gasteiger partial charge in [0.25, 0.3) is 5.91 Å². The minimum absolute atomic E-state index is 0.0818. The third-order valence-corrected chi connectivity index (χ3v) is 5.32. The number of hydrogen-bond acceptors (Lipinski definition) is 4. The minimum Gasteiger partial charge on any atom is -0.337 e. The normalized spacial score (nSPS) is 16.9. The molecule has 0 bridgehead atoms. The summed E-state index contributed by atoms with van der Waals surface area (Å²) in [6, 6.07) is 10.3. The zero-order valence-corrected chi connectivity index (χ0v) is 15.8. The van der Waals surface area contributed by atoms with Gasteiger partial charge in [0.05, 0.1) is 12.2 Å². The van der Waals surface area contributed by atoms with Crippen LogP contribution in [0.3, 0.4) is 0 Å². The topological polar surface area (TPSA) is 63.9 Å². The van der Waals surface area contributed by atoms with Crippen LogP contribution in [0.2, 0.25) is 0 Å². The molecule has 3 heterocycles. The van der Waals surface area contributed by atoms with Crippen LogP contribution in [0.15, 0.2) is 48.8 Å². The Morgan fingerprint density at radius 2 is 1.93 bits per heavy atom.